The molecule has 28 heavy (non-hydrogen) atoms. The Morgan fingerprint density at radius 1 is 0.964 bits per heavy atom. The fraction of sp³-hybridized carbons (Fsp3) is 0.500. The van der Waals surface area contributed by atoms with E-state index in [0.717, 1.165) is 23.5 Å². The highest BCUT2D eigenvalue weighted by molar-refractivity contribution is 5.33. The van der Waals surface area contributed by atoms with Crippen molar-refractivity contribution in [2.24, 2.45) is 5.92 Å². The zero-order chi connectivity index (χ0) is 19.8. The lowest BCUT2D eigenvalue weighted by atomic mass is 9.77. The average Bonchev–Trinajstić information content (AvgIpc) is 2.74. The van der Waals surface area contributed by atoms with E-state index >= 15 is 0 Å². The lowest BCUT2D eigenvalue weighted by Crippen LogP contribution is -2.13. The summed E-state index contributed by atoms with van der Waals surface area (Å²) in [7, 11) is 0. The van der Waals surface area contributed by atoms with Crippen molar-refractivity contribution in [3.8, 4) is 6.07 Å². The molecule has 0 N–H and O–H groups in total. The molecule has 0 saturated heterocycles. The molecule has 1 nitrogen and oxygen atoms in total. The maximum absolute atomic E-state index is 14.7. The summed E-state index contributed by atoms with van der Waals surface area (Å²) in [6.45, 7) is 2.26. The van der Waals surface area contributed by atoms with Crippen molar-refractivity contribution in [3.63, 3.8) is 0 Å². The number of halogens is 1. The Kier molecular flexibility index (Phi) is 7.66. The van der Waals surface area contributed by atoms with Crippen molar-refractivity contribution in [1.82, 2.24) is 0 Å². The molecule has 0 bridgehead atoms. The van der Waals surface area contributed by atoms with E-state index in [-0.39, 0.29) is 5.82 Å². The Morgan fingerprint density at radius 2 is 1.71 bits per heavy atom. The number of aryl methyl sites for hydroxylation is 2. The van der Waals surface area contributed by atoms with Gasteiger partial charge in [-0.2, -0.15) is 5.26 Å². The molecule has 1 aliphatic carbocycles. The maximum atomic E-state index is 14.7. The molecule has 0 spiro atoms. The van der Waals surface area contributed by atoms with Crippen molar-refractivity contribution in [1.29, 1.82) is 5.26 Å². The molecule has 1 saturated carbocycles. The van der Waals surface area contributed by atoms with Gasteiger partial charge < -0.3 is 0 Å². The molecule has 1 aliphatic rings. The van der Waals surface area contributed by atoms with Gasteiger partial charge in [-0.3, -0.25) is 0 Å². The predicted octanol–water partition coefficient (Wildman–Crippen LogP) is 7.34. The van der Waals surface area contributed by atoms with Crippen LogP contribution in [0.25, 0.3) is 0 Å². The third kappa shape index (κ3) is 5.68. The lowest BCUT2D eigenvalue weighted by Gasteiger charge is -2.29. The third-order valence-corrected chi connectivity index (χ3v) is 6.38. The van der Waals surface area contributed by atoms with Crippen LogP contribution in [0.2, 0.25) is 0 Å². The molecule has 0 atom stereocenters. The molecule has 0 aromatic heterocycles. The number of nitriles is 1. The molecule has 2 aromatic rings. The quantitative estimate of drug-likeness (QED) is 0.442. The second kappa shape index (κ2) is 10.4. The van der Waals surface area contributed by atoms with E-state index in [4.69, 9.17) is 5.26 Å². The Morgan fingerprint density at radius 3 is 2.36 bits per heavy atom. The first-order valence-corrected chi connectivity index (χ1v) is 11.0. The van der Waals surface area contributed by atoms with Crippen LogP contribution in [0.15, 0.2) is 42.5 Å². The average molecular weight is 378 g/mol. The summed E-state index contributed by atoms with van der Waals surface area (Å²) in [5, 5.41) is 8.87. The van der Waals surface area contributed by atoms with Gasteiger partial charge in [-0.1, -0.05) is 56.9 Å². The van der Waals surface area contributed by atoms with Crippen LogP contribution < -0.4 is 0 Å². The van der Waals surface area contributed by atoms with Gasteiger partial charge in [0.05, 0.1) is 11.6 Å². The van der Waals surface area contributed by atoms with Gasteiger partial charge in [0, 0.05) is 0 Å². The lowest BCUT2D eigenvalue weighted by molar-refractivity contribution is 0.302. The molecule has 0 radical (unpaired) electrons. The Labute approximate surface area is 169 Å². The molecular weight excluding hydrogens is 345 g/mol. The molecule has 2 heteroatoms. The van der Waals surface area contributed by atoms with Crippen LogP contribution in [-0.4, -0.2) is 0 Å². The van der Waals surface area contributed by atoms with Crippen LogP contribution in [0.3, 0.4) is 0 Å². The number of nitrogens with zero attached hydrogens (tertiary/aromatic N) is 1. The largest absolute Gasteiger partial charge is 0.207 e. The minimum absolute atomic E-state index is 0.0591. The Hall–Kier alpha value is -2.14. The summed E-state index contributed by atoms with van der Waals surface area (Å²) in [5.74, 6) is 1.36. The first-order valence-electron chi connectivity index (χ1n) is 11.0. The van der Waals surface area contributed by atoms with E-state index in [1.54, 1.807) is 6.07 Å². The molecule has 1 fully saturated rings. The van der Waals surface area contributed by atoms with Crippen LogP contribution in [0, 0.1) is 23.1 Å². The van der Waals surface area contributed by atoms with Crippen molar-refractivity contribution < 1.29 is 4.39 Å². The van der Waals surface area contributed by atoms with E-state index in [9.17, 15) is 4.39 Å². The molecule has 0 heterocycles. The molecule has 148 valence electrons. The molecular formula is C26H32FN. The standard InChI is InChI=1S/C26H32FN/c1-2-3-4-5-20-10-13-23(14-11-20)25-17-16-24(26(27)18-25)15-12-21-6-8-22(19-28)9-7-21/h6-9,16-18,20,23H,2-5,10-15H2,1H3. The monoisotopic (exact) mass is 377 g/mol. The fourth-order valence-electron chi connectivity index (χ4n) is 4.51. The van der Waals surface area contributed by atoms with Crippen LogP contribution in [0.1, 0.15) is 86.5 Å². The summed E-state index contributed by atoms with van der Waals surface area (Å²) in [4.78, 5) is 0. The Balaban J connectivity index is 1.52. The highest BCUT2D eigenvalue weighted by Crippen LogP contribution is 2.38. The molecule has 3 rings (SSSR count). The Bertz CT molecular complexity index is 779. The van der Waals surface area contributed by atoms with Gasteiger partial charge in [0.25, 0.3) is 0 Å². The van der Waals surface area contributed by atoms with E-state index in [1.165, 1.54) is 56.9 Å². The van der Waals surface area contributed by atoms with Crippen molar-refractivity contribution in [2.45, 2.75) is 77.0 Å². The van der Waals surface area contributed by atoms with E-state index in [1.807, 2.05) is 30.3 Å². The van der Waals surface area contributed by atoms with Gasteiger partial charge in [-0.25, -0.2) is 4.39 Å². The highest BCUT2D eigenvalue weighted by Gasteiger charge is 2.22. The molecule has 2 aromatic carbocycles. The minimum Gasteiger partial charge on any atom is -0.207 e. The number of hydrogen-bond donors (Lipinski definition) is 0. The predicted molar refractivity (Wildman–Crippen MR) is 114 cm³/mol. The summed E-state index contributed by atoms with van der Waals surface area (Å²) >= 11 is 0. The number of hydrogen-bond acceptors (Lipinski definition) is 1. The first-order chi connectivity index (χ1) is 13.7. The van der Waals surface area contributed by atoms with Gasteiger partial charge in [-0.15, -0.1) is 0 Å². The van der Waals surface area contributed by atoms with Crippen molar-refractivity contribution >= 4 is 0 Å². The van der Waals surface area contributed by atoms with Gasteiger partial charge >= 0.3 is 0 Å². The van der Waals surface area contributed by atoms with E-state index in [2.05, 4.69) is 19.1 Å². The topological polar surface area (TPSA) is 23.8 Å². The van der Waals surface area contributed by atoms with Crippen molar-refractivity contribution in [3.05, 3.63) is 70.5 Å². The number of unbranched alkanes of at least 4 members (excludes halogenated alkanes) is 2. The van der Waals surface area contributed by atoms with Crippen LogP contribution in [0.5, 0.6) is 0 Å². The zero-order valence-corrected chi connectivity index (χ0v) is 17.1. The summed E-state index contributed by atoms with van der Waals surface area (Å²) in [6, 6.07) is 15.6. The van der Waals surface area contributed by atoms with Gasteiger partial charge in [0.15, 0.2) is 0 Å². The second-order valence-corrected chi connectivity index (χ2v) is 8.37. The van der Waals surface area contributed by atoms with Crippen LogP contribution >= 0.6 is 0 Å². The minimum atomic E-state index is -0.0591. The van der Waals surface area contributed by atoms with E-state index < -0.39 is 0 Å². The van der Waals surface area contributed by atoms with Crippen LogP contribution in [-0.2, 0) is 12.8 Å². The molecule has 0 aliphatic heterocycles. The van der Waals surface area contributed by atoms with Crippen molar-refractivity contribution in [2.75, 3.05) is 0 Å². The number of benzene rings is 2. The number of rotatable bonds is 8. The zero-order valence-electron chi connectivity index (χ0n) is 17.1. The second-order valence-electron chi connectivity index (χ2n) is 8.37. The summed E-state index contributed by atoms with van der Waals surface area (Å²) < 4.78 is 14.7. The van der Waals surface area contributed by atoms with Gasteiger partial charge in [-0.05, 0) is 85.3 Å². The summed E-state index contributed by atoms with van der Waals surface area (Å²) in [5.41, 5.74) is 3.79. The highest BCUT2D eigenvalue weighted by atomic mass is 19.1. The van der Waals surface area contributed by atoms with Crippen LogP contribution in [0.4, 0.5) is 4.39 Å². The van der Waals surface area contributed by atoms with Gasteiger partial charge in [0.1, 0.15) is 5.82 Å². The SMILES string of the molecule is CCCCCC1CCC(c2ccc(CCc3ccc(C#N)cc3)c(F)c2)CC1. The molecule has 0 amide bonds. The van der Waals surface area contributed by atoms with Gasteiger partial charge in [0.2, 0.25) is 0 Å². The third-order valence-electron chi connectivity index (χ3n) is 6.38. The molecule has 0 unspecified atom stereocenters. The maximum Gasteiger partial charge on any atom is 0.126 e. The fourth-order valence-corrected chi connectivity index (χ4v) is 4.51. The van der Waals surface area contributed by atoms with E-state index in [0.29, 0.717) is 17.9 Å². The normalized spacial score (nSPS) is 19.3. The smallest absolute Gasteiger partial charge is 0.126 e. The summed E-state index contributed by atoms with van der Waals surface area (Å²) in [6.07, 6.45) is 11.9. The first kappa shape index (κ1) is 20.6.